The van der Waals surface area contributed by atoms with E-state index in [2.05, 4.69) is 10.3 Å². The standard InChI is InChI=1S/C22H20F2N4O2/c23-17-3-1-16(2-4-17)22(30)27-10-7-15(8-11-27)21(29)26-18-5-6-20(19(24)13-18)28-12-9-25-14-28/h1-6,9,12-15H,7-8,10-11H2,(H,26,29). The molecule has 2 aromatic carbocycles. The third-order valence-electron chi connectivity index (χ3n) is 5.24. The molecule has 0 unspecified atom stereocenters. The van der Waals surface area contributed by atoms with E-state index in [1.54, 1.807) is 34.0 Å². The van der Waals surface area contributed by atoms with Crippen molar-refractivity contribution in [1.29, 1.82) is 0 Å². The van der Waals surface area contributed by atoms with Crippen LogP contribution in [0.15, 0.2) is 61.2 Å². The highest BCUT2D eigenvalue weighted by atomic mass is 19.1. The van der Waals surface area contributed by atoms with E-state index in [0.29, 0.717) is 42.9 Å². The van der Waals surface area contributed by atoms with Crippen molar-refractivity contribution in [2.75, 3.05) is 18.4 Å². The van der Waals surface area contributed by atoms with Crippen molar-refractivity contribution in [3.8, 4) is 5.69 Å². The fourth-order valence-corrected chi connectivity index (χ4v) is 3.56. The molecule has 1 fully saturated rings. The minimum absolute atomic E-state index is 0.175. The van der Waals surface area contributed by atoms with Gasteiger partial charge in [-0.05, 0) is 55.3 Å². The van der Waals surface area contributed by atoms with Crippen molar-refractivity contribution in [3.63, 3.8) is 0 Å². The van der Waals surface area contributed by atoms with E-state index in [4.69, 9.17) is 0 Å². The number of halogens is 2. The van der Waals surface area contributed by atoms with Crippen LogP contribution < -0.4 is 5.32 Å². The number of aromatic nitrogens is 2. The number of carbonyl (C=O) groups excluding carboxylic acids is 2. The van der Waals surface area contributed by atoms with E-state index in [1.807, 2.05) is 0 Å². The summed E-state index contributed by atoms with van der Waals surface area (Å²) < 4.78 is 28.9. The summed E-state index contributed by atoms with van der Waals surface area (Å²) in [4.78, 5) is 30.6. The van der Waals surface area contributed by atoms with Gasteiger partial charge in [0.05, 0.1) is 12.0 Å². The lowest BCUT2D eigenvalue weighted by atomic mass is 9.95. The van der Waals surface area contributed by atoms with Crippen LogP contribution in [0, 0.1) is 17.6 Å². The first-order chi connectivity index (χ1) is 14.5. The van der Waals surface area contributed by atoms with Gasteiger partial charge in [0.25, 0.3) is 5.91 Å². The summed E-state index contributed by atoms with van der Waals surface area (Å²) >= 11 is 0. The lowest BCUT2D eigenvalue weighted by molar-refractivity contribution is -0.121. The number of carbonyl (C=O) groups is 2. The molecule has 154 valence electrons. The fourth-order valence-electron chi connectivity index (χ4n) is 3.56. The Morgan fingerprint density at radius 3 is 2.40 bits per heavy atom. The van der Waals surface area contributed by atoms with Crippen molar-refractivity contribution in [2.45, 2.75) is 12.8 Å². The first-order valence-corrected chi connectivity index (χ1v) is 9.65. The van der Waals surface area contributed by atoms with Crippen LogP contribution in [0.1, 0.15) is 23.2 Å². The normalized spacial score (nSPS) is 14.5. The maximum absolute atomic E-state index is 14.4. The number of hydrogen-bond acceptors (Lipinski definition) is 3. The smallest absolute Gasteiger partial charge is 0.253 e. The summed E-state index contributed by atoms with van der Waals surface area (Å²) in [5.41, 5.74) is 1.15. The Balaban J connectivity index is 1.34. The van der Waals surface area contributed by atoms with Gasteiger partial charge >= 0.3 is 0 Å². The Morgan fingerprint density at radius 2 is 1.77 bits per heavy atom. The topological polar surface area (TPSA) is 67.2 Å². The maximum Gasteiger partial charge on any atom is 0.253 e. The molecule has 2 heterocycles. The summed E-state index contributed by atoms with van der Waals surface area (Å²) in [6, 6.07) is 9.92. The number of nitrogens with zero attached hydrogens (tertiary/aromatic N) is 3. The molecule has 1 aliphatic heterocycles. The van der Waals surface area contributed by atoms with Crippen molar-refractivity contribution in [3.05, 3.63) is 78.4 Å². The molecule has 1 aromatic heterocycles. The Hall–Kier alpha value is -3.55. The second-order valence-electron chi connectivity index (χ2n) is 7.20. The Bertz CT molecular complexity index is 1040. The highest BCUT2D eigenvalue weighted by Gasteiger charge is 2.28. The average molecular weight is 410 g/mol. The van der Waals surface area contributed by atoms with Crippen LogP contribution in [-0.4, -0.2) is 39.4 Å². The zero-order chi connectivity index (χ0) is 21.1. The quantitative estimate of drug-likeness (QED) is 0.714. The summed E-state index contributed by atoms with van der Waals surface area (Å²) in [6.07, 6.45) is 5.71. The van der Waals surface area contributed by atoms with E-state index in [9.17, 15) is 18.4 Å². The largest absolute Gasteiger partial charge is 0.339 e. The molecule has 0 spiro atoms. The maximum atomic E-state index is 14.4. The van der Waals surface area contributed by atoms with Gasteiger partial charge in [-0.2, -0.15) is 0 Å². The molecule has 1 saturated heterocycles. The molecule has 0 aliphatic carbocycles. The highest BCUT2D eigenvalue weighted by molar-refractivity contribution is 5.95. The number of anilines is 1. The van der Waals surface area contributed by atoms with E-state index in [-0.39, 0.29) is 17.7 Å². The van der Waals surface area contributed by atoms with Crippen LogP contribution in [0.25, 0.3) is 5.69 Å². The third-order valence-corrected chi connectivity index (χ3v) is 5.24. The molecule has 8 heteroatoms. The number of likely N-dealkylation sites (tertiary alicyclic amines) is 1. The van der Waals surface area contributed by atoms with Crippen molar-refractivity contribution in [2.24, 2.45) is 5.92 Å². The van der Waals surface area contributed by atoms with E-state index in [1.165, 1.54) is 36.7 Å². The van der Waals surface area contributed by atoms with Crippen molar-refractivity contribution >= 4 is 17.5 Å². The molecule has 6 nitrogen and oxygen atoms in total. The Kier molecular flexibility index (Phi) is 5.56. The molecule has 1 aliphatic rings. The predicted molar refractivity (Wildman–Crippen MR) is 107 cm³/mol. The van der Waals surface area contributed by atoms with Crippen LogP contribution in [0.2, 0.25) is 0 Å². The van der Waals surface area contributed by atoms with Crippen LogP contribution >= 0.6 is 0 Å². The number of amides is 2. The Morgan fingerprint density at radius 1 is 1.03 bits per heavy atom. The van der Waals surface area contributed by atoms with Crippen LogP contribution in [0.5, 0.6) is 0 Å². The van der Waals surface area contributed by atoms with Crippen LogP contribution in [0.3, 0.4) is 0 Å². The molecular weight excluding hydrogens is 390 g/mol. The first kappa shape index (κ1) is 19.8. The van der Waals surface area contributed by atoms with Gasteiger partial charge in [-0.25, -0.2) is 13.8 Å². The van der Waals surface area contributed by atoms with Gasteiger partial charge in [-0.1, -0.05) is 0 Å². The number of hydrogen-bond donors (Lipinski definition) is 1. The zero-order valence-corrected chi connectivity index (χ0v) is 16.1. The van der Waals surface area contributed by atoms with Crippen molar-refractivity contribution < 1.29 is 18.4 Å². The van der Waals surface area contributed by atoms with Crippen LogP contribution in [-0.2, 0) is 4.79 Å². The number of rotatable bonds is 4. The monoisotopic (exact) mass is 410 g/mol. The van der Waals surface area contributed by atoms with Gasteiger partial charge in [-0.3, -0.25) is 9.59 Å². The molecule has 3 aromatic rings. The summed E-state index contributed by atoms with van der Waals surface area (Å²) in [6.45, 7) is 0.866. The molecule has 4 rings (SSSR count). The van der Waals surface area contributed by atoms with E-state index in [0.717, 1.165) is 0 Å². The highest BCUT2D eigenvalue weighted by Crippen LogP contribution is 2.23. The summed E-state index contributed by atoms with van der Waals surface area (Å²) in [5, 5.41) is 2.76. The molecule has 2 amide bonds. The molecule has 30 heavy (non-hydrogen) atoms. The van der Waals surface area contributed by atoms with Gasteiger partial charge < -0.3 is 14.8 Å². The van der Waals surface area contributed by atoms with Gasteiger partial charge in [0.2, 0.25) is 5.91 Å². The number of piperidine rings is 1. The SMILES string of the molecule is O=C(Nc1ccc(-n2ccnc2)c(F)c1)C1CCN(C(=O)c2ccc(F)cc2)CC1. The van der Waals surface area contributed by atoms with E-state index < -0.39 is 11.6 Å². The number of imidazole rings is 1. The minimum Gasteiger partial charge on any atom is -0.339 e. The molecule has 0 radical (unpaired) electrons. The van der Waals surface area contributed by atoms with E-state index >= 15 is 0 Å². The lowest BCUT2D eigenvalue weighted by Gasteiger charge is -2.31. The molecular formula is C22H20F2N4O2. The Labute approximate surface area is 172 Å². The average Bonchev–Trinajstić information content (AvgIpc) is 3.28. The van der Waals surface area contributed by atoms with Gasteiger partial charge in [0.1, 0.15) is 11.6 Å². The summed E-state index contributed by atoms with van der Waals surface area (Å²) in [5.74, 6) is -1.50. The first-order valence-electron chi connectivity index (χ1n) is 9.65. The second-order valence-corrected chi connectivity index (χ2v) is 7.20. The van der Waals surface area contributed by atoms with Crippen molar-refractivity contribution in [1.82, 2.24) is 14.5 Å². The minimum atomic E-state index is -0.467. The lowest BCUT2D eigenvalue weighted by Crippen LogP contribution is -2.41. The third kappa shape index (κ3) is 4.22. The second kappa shape index (κ2) is 8.44. The molecule has 0 atom stereocenters. The summed E-state index contributed by atoms with van der Waals surface area (Å²) in [7, 11) is 0. The van der Waals surface area contributed by atoms with Gasteiger partial charge in [-0.15, -0.1) is 0 Å². The van der Waals surface area contributed by atoms with Gasteiger partial charge in [0.15, 0.2) is 0 Å². The molecule has 0 saturated carbocycles. The van der Waals surface area contributed by atoms with Crippen LogP contribution in [0.4, 0.5) is 14.5 Å². The number of benzene rings is 2. The van der Waals surface area contributed by atoms with Gasteiger partial charge in [0, 0.05) is 42.7 Å². The number of nitrogens with one attached hydrogen (secondary N) is 1. The molecule has 0 bridgehead atoms. The predicted octanol–water partition coefficient (Wildman–Crippen LogP) is 3.64. The fraction of sp³-hybridized carbons (Fsp3) is 0.227. The zero-order valence-electron chi connectivity index (χ0n) is 16.1. The molecule has 1 N–H and O–H groups in total.